The predicted molar refractivity (Wildman–Crippen MR) is 43.8 cm³/mol. The van der Waals surface area contributed by atoms with Crippen LogP contribution in [0.5, 0.6) is 0 Å². The molecule has 0 amide bonds. The van der Waals surface area contributed by atoms with Crippen molar-refractivity contribution in [1.29, 1.82) is 0 Å². The van der Waals surface area contributed by atoms with Crippen LogP contribution in [0.4, 0.5) is 0 Å². The molecular formula is C8H17NO. The van der Waals surface area contributed by atoms with Crippen LogP contribution in [0, 0.1) is 5.92 Å². The average molecular weight is 143 g/mol. The van der Waals surface area contributed by atoms with E-state index in [4.69, 9.17) is 10.5 Å². The fraction of sp³-hybridized carbons (Fsp3) is 0.750. The van der Waals surface area contributed by atoms with Gasteiger partial charge in [0.2, 0.25) is 0 Å². The second-order valence-electron chi connectivity index (χ2n) is 2.68. The predicted octanol–water partition coefficient (Wildman–Crippen LogP) is 1.17. The lowest BCUT2D eigenvalue weighted by molar-refractivity contribution is 0.176. The maximum Gasteiger partial charge on any atom is 0.0522 e. The van der Waals surface area contributed by atoms with E-state index in [1.54, 1.807) is 7.11 Å². The summed E-state index contributed by atoms with van der Waals surface area (Å²) in [5.41, 5.74) is 5.51. The van der Waals surface area contributed by atoms with E-state index in [-0.39, 0.29) is 6.04 Å². The first-order chi connectivity index (χ1) is 4.66. The number of nitrogens with two attached hydrogens (primary N) is 1. The molecule has 0 spiro atoms. The quantitative estimate of drug-likeness (QED) is 0.600. The van der Waals surface area contributed by atoms with E-state index in [1.165, 1.54) is 0 Å². The molecule has 0 radical (unpaired) electrons. The van der Waals surface area contributed by atoms with Crippen LogP contribution in [0.15, 0.2) is 12.2 Å². The molecule has 0 aromatic rings. The minimum Gasteiger partial charge on any atom is -0.384 e. The van der Waals surface area contributed by atoms with E-state index in [9.17, 15) is 0 Å². The highest BCUT2D eigenvalue weighted by molar-refractivity contribution is 4.91. The van der Waals surface area contributed by atoms with Gasteiger partial charge >= 0.3 is 0 Å². The molecule has 0 bridgehead atoms. The molecule has 10 heavy (non-hydrogen) atoms. The largest absolute Gasteiger partial charge is 0.384 e. The van der Waals surface area contributed by atoms with Gasteiger partial charge in [0.15, 0.2) is 0 Å². The summed E-state index contributed by atoms with van der Waals surface area (Å²) < 4.78 is 4.94. The van der Waals surface area contributed by atoms with Crippen LogP contribution in [0.3, 0.4) is 0 Å². The summed E-state index contributed by atoms with van der Waals surface area (Å²) in [5, 5.41) is 0. The van der Waals surface area contributed by atoms with Gasteiger partial charge < -0.3 is 10.5 Å². The molecule has 2 atom stereocenters. The molecule has 0 saturated carbocycles. The molecule has 0 rings (SSSR count). The Bertz CT molecular complexity index is 99.4. The fourth-order valence-corrected chi connectivity index (χ4v) is 0.683. The normalized spacial score (nSPS) is 17.6. The van der Waals surface area contributed by atoms with Crippen molar-refractivity contribution in [2.75, 3.05) is 13.7 Å². The average Bonchev–Trinajstić information content (AvgIpc) is 1.85. The second kappa shape index (κ2) is 5.45. The Morgan fingerprint density at radius 1 is 1.40 bits per heavy atom. The third-order valence-electron chi connectivity index (χ3n) is 1.17. The van der Waals surface area contributed by atoms with E-state index >= 15 is 0 Å². The third kappa shape index (κ3) is 5.79. The minimum absolute atomic E-state index is 0.152. The molecule has 60 valence electrons. The Kier molecular flexibility index (Phi) is 5.26. The van der Waals surface area contributed by atoms with Gasteiger partial charge in [0.25, 0.3) is 0 Å². The summed E-state index contributed by atoms with van der Waals surface area (Å²) in [7, 11) is 1.70. The number of methoxy groups -OCH3 is 1. The summed E-state index contributed by atoms with van der Waals surface area (Å²) in [6, 6.07) is 0.152. The Morgan fingerprint density at radius 3 is 2.40 bits per heavy atom. The first kappa shape index (κ1) is 9.66. The number of hydrogen-bond donors (Lipinski definition) is 1. The molecular weight excluding hydrogens is 126 g/mol. The van der Waals surface area contributed by atoms with Crippen molar-refractivity contribution in [3.63, 3.8) is 0 Å². The SMILES string of the molecule is COCC(C)/C=C/C(C)N. The van der Waals surface area contributed by atoms with Crippen LogP contribution in [0.2, 0.25) is 0 Å². The Hall–Kier alpha value is -0.340. The van der Waals surface area contributed by atoms with E-state index in [0.29, 0.717) is 5.92 Å². The minimum atomic E-state index is 0.152. The first-order valence-corrected chi connectivity index (χ1v) is 3.59. The molecule has 0 aromatic carbocycles. The van der Waals surface area contributed by atoms with Crippen molar-refractivity contribution < 1.29 is 4.74 Å². The zero-order valence-corrected chi connectivity index (χ0v) is 7.00. The summed E-state index contributed by atoms with van der Waals surface area (Å²) in [5.74, 6) is 0.469. The molecule has 0 heterocycles. The first-order valence-electron chi connectivity index (χ1n) is 3.59. The molecule has 0 aliphatic heterocycles. The summed E-state index contributed by atoms with van der Waals surface area (Å²) in [4.78, 5) is 0. The van der Waals surface area contributed by atoms with Gasteiger partial charge in [-0.15, -0.1) is 0 Å². The Balaban J connectivity index is 3.45. The lowest BCUT2D eigenvalue weighted by Gasteiger charge is -2.03. The lowest BCUT2D eigenvalue weighted by Crippen LogP contribution is -2.11. The highest BCUT2D eigenvalue weighted by Crippen LogP contribution is 1.97. The lowest BCUT2D eigenvalue weighted by atomic mass is 10.1. The van der Waals surface area contributed by atoms with Gasteiger partial charge in [0, 0.05) is 13.2 Å². The van der Waals surface area contributed by atoms with E-state index in [0.717, 1.165) is 6.61 Å². The summed E-state index contributed by atoms with van der Waals surface area (Å²) >= 11 is 0. The van der Waals surface area contributed by atoms with Crippen LogP contribution in [-0.2, 0) is 4.74 Å². The zero-order chi connectivity index (χ0) is 7.98. The summed E-state index contributed by atoms with van der Waals surface area (Å²) in [6.45, 7) is 4.82. The van der Waals surface area contributed by atoms with Crippen molar-refractivity contribution in [3.8, 4) is 0 Å². The van der Waals surface area contributed by atoms with Gasteiger partial charge in [0.05, 0.1) is 6.61 Å². The van der Waals surface area contributed by atoms with Crippen LogP contribution < -0.4 is 5.73 Å². The molecule has 2 unspecified atom stereocenters. The topological polar surface area (TPSA) is 35.2 Å². The molecule has 0 aromatic heterocycles. The summed E-state index contributed by atoms with van der Waals surface area (Å²) in [6.07, 6.45) is 4.07. The maximum atomic E-state index is 5.51. The van der Waals surface area contributed by atoms with Gasteiger partial charge in [-0.3, -0.25) is 0 Å². The molecule has 0 fully saturated rings. The van der Waals surface area contributed by atoms with Crippen molar-refractivity contribution in [1.82, 2.24) is 0 Å². The smallest absolute Gasteiger partial charge is 0.0522 e. The van der Waals surface area contributed by atoms with Gasteiger partial charge in [0.1, 0.15) is 0 Å². The van der Waals surface area contributed by atoms with Gasteiger partial charge in [-0.25, -0.2) is 0 Å². The molecule has 2 heteroatoms. The van der Waals surface area contributed by atoms with E-state index < -0.39 is 0 Å². The van der Waals surface area contributed by atoms with Crippen LogP contribution in [0.25, 0.3) is 0 Å². The molecule has 0 saturated heterocycles. The number of rotatable bonds is 4. The zero-order valence-electron chi connectivity index (χ0n) is 7.00. The fourth-order valence-electron chi connectivity index (χ4n) is 0.683. The maximum absolute atomic E-state index is 5.51. The highest BCUT2D eigenvalue weighted by Gasteiger charge is 1.94. The van der Waals surface area contributed by atoms with E-state index in [1.807, 2.05) is 13.0 Å². The molecule has 0 aliphatic carbocycles. The number of ether oxygens (including phenoxy) is 1. The highest BCUT2D eigenvalue weighted by atomic mass is 16.5. The number of hydrogen-bond acceptors (Lipinski definition) is 2. The molecule has 2 nitrogen and oxygen atoms in total. The van der Waals surface area contributed by atoms with Crippen molar-refractivity contribution in [2.45, 2.75) is 19.9 Å². The van der Waals surface area contributed by atoms with Crippen molar-refractivity contribution >= 4 is 0 Å². The monoisotopic (exact) mass is 143 g/mol. The van der Waals surface area contributed by atoms with Gasteiger partial charge in [-0.2, -0.15) is 0 Å². The van der Waals surface area contributed by atoms with Crippen molar-refractivity contribution in [3.05, 3.63) is 12.2 Å². The Labute approximate surface area is 63.1 Å². The van der Waals surface area contributed by atoms with Crippen LogP contribution >= 0.6 is 0 Å². The third-order valence-corrected chi connectivity index (χ3v) is 1.17. The van der Waals surface area contributed by atoms with Crippen molar-refractivity contribution in [2.24, 2.45) is 11.7 Å². The van der Waals surface area contributed by atoms with Gasteiger partial charge in [-0.05, 0) is 12.8 Å². The van der Waals surface area contributed by atoms with Crippen LogP contribution in [0.1, 0.15) is 13.8 Å². The molecule has 0 aliphatic rings. The Morgan fingerprint density at radius 2 is 2.00 bits per heavy atom. The molecule has 2 N–H and O–H groups in total. The second-order valence-corrected chi connectivity index (χ2v) is 2.68. The van der Waals surface area contributed by atoms with E-state index in [2.05, 4.69) is 13.0 Å². The van der Waals surface area contributed by atoms with Crippen LogP contribution in [-0.4, -0.2) is 19.8 Å². The van der Waals surface area contributed by atoms with Gasteiger partial charge in [-0.1, -0.05) is 19.1 Å². The standard InChI is InChI=1S/C8H17NO/c1-7(6-10-3)4-5-8(2)9/h4-5,7-8H,6,9H2,1-3H3/b5-4+.